The quantitative estimate of drug-likeness (QED) is 0.463. The molecule has 0 aliphatic carbocycles. The molecule has 1 aromatic carbocycles. The summed E-state index contributed by atoms with van der Waals surface area (Å²) in [4.78, 5) is 0. The summed E-state index contributed by atoms with van der Waals surface area (Å²) in [5.74, 6) is -1.04. The molecule has 0 radical (unpaired) electrons. The Balaban J connectivity index is 2.54. The fourth-order valence-electron chi connectivity index (χ4n) is 1.35. The minimum Gasteiger partial charge on any atom is -0.452 e. The Morgan fingerprint density at radius 1 is 1.25 bits per heavy atom. The number of fused-ring (bicyclic) bond motifs is 1. The highest BCUT2D eigenvalue weighted by Crippen LogP contribution is 2.33. The van der Waals surface area contributed by atoms with E-state index in [9.17, 15) is 13.2 Å². The van der Waals surface area contributed by atoms with Crippen molar-refractivity contribution in [3.05, 3.63) is 35.6 Å². The van der Waals surface area contributed by atoms with Gasteiger partial charge in [0.15, 0.2) is 0 Å². The van der Waals surface area contributed by atoms with Crippen LogP contribution in [0.25, 0.3) is 11.0 Å². The smallest absolute Gasteiger partial charge is 0.449 e. The predicted octanol–water partition coefficient (Wildman–Crippen LogP) is 3.26. The molecule has 0 aliphatic heterocycles. The molecule has 0 unspecified atom stereocenters. The lowest BCUT2D eigenvalue weighted by molar-refractivity contribution is -0.152. The van der Waals surface area contributed by atoms with E-state index in [-0.39, 0.29) is 5.58 Å². The van der Waals surface area contributed by atoms with Gasteiger partial charge in [-0.25, -0.2) is 0 Å². The van der Waals surface area contributed by atoms with Gasteiger partial charge < -0.3 is 9.62 Å². The maximum Gasteiger partial charge on any atom is 0.449 e. The monoisotopic (exact) mass is 229 g/mol. The fraction of sp³-hybridized carbons (Fsp3) is 0.100. The van der Waals surface area contributed by atoms with Gasteiger partial charge in [0.2, 0.25) is 5.76 Å². The van der Waals surface area contributed by atoms with Crippen LogP contribution in [0, 0.1) is 0 Å². The van der Waals surface area contributed by atoms with E-state index in [1.807, 2.05) is 0 Å². The Hall–Kier alpha value is -1.98. The molecule has 0 saturated carbocycles. The minimum absolute atomic E-state index is 0.141. The van der Waals surface area contributed by atoms with Crippen LogP contribution in [0.1, 0.15) is 11.3 Å². The Kier molecular flexibility index (Phi) is 2.34. The molecule has 1 aromatic heterocycles. The van der Waals surface area contributed by atoms with Crippen molar-refractivity contribution in [2.24, 2.45) is 5.16 Å². The van der Waals surface area contributed by atoms with Crippen LogP contribution in [0.3, 0.4) is 0 Å². The zero-order valence-corrected chi connectivity index (χ0v) is 7.82. The number of furan rings is 1. The molecule has 6 heteroatoms. The van der Waals surface area contributed by atoms with E-state index in [2.05, 4.69) is 9.57 Å². The summed E-state index contributed by atoms with van der Waals surface area (Å²) >= 11 is 0. The van der Waals surface area contributed by atoms with Crippen molar-refractivity contribution in [1.29, 1.82) is 0 Å². The van der Waals surface area contributed by atoms with E-state index >= 15 is 0 Å². The van der Waals surface area contributed by atoms with E-state index in [0.717, 1.165) is 12.3 Å². The number of nitrogens with zero attached hydrogens (tertiary/aromatic N) is 1. The number of rotatable bonds is 1. The van der Waals surface area contributed by atoms with Gasteiger partial charge in [-0.3, -0.25) is 0 Å². The summed E-state index contributed by atoms with van der Waals surface area (Å²) in [6.45, 7) is 0. The molecule has 84 valence electrons. The highest BCUT2D eigenvalue weighted by molar-refractivity contribution is 5.88. The summed E-state index contributed by atoms with van der Waals surface area (Å²) in [5.41, 5.74) is 0.631. The fourth-order valence-corrected chi connectivity index (χ4v) is 1.35. The summed E-state index contributed by atoms with van der Waals surface area (Å²) in [6, 6.07) is 5.23. The molecule has 0 spiro atoms. The molecule has 0 fully saturated rings. The highest BCUT2D eigenvalue weighted by Gasteiger charge is 2.35. The largest absolute Gasteiger partial charge is 0.452 e. The van der Waals surface area contributed by atoms with Crippen LogP contribution in [0.2, 0.25) is 0 Å². The zero-order chi connectivity index (χ0) is 11.8. The second-order valence-electron chi connectivity index (χ2n) is 3.15. The first-order valence-electron chi connectivity index (χ1n) is 4.29. The van der Waals surface area contributed by atoms with E-state index in [1.165, 1.54) is 18.2 Å². The summed E-state index contributed by atoms with van der Waals surface area (Å²) in [6.07, 6.45) is -3.37. The van der Waals surface area contributed by atoms with E-state index in [1.54, 1.807) is 0 Å². The van der Waals surface area contributed by atoms with Gasteiger partial charge in [-0.15, -0.1) is 0 Å². The minimum atomic E-state index is -4.50. The Morgan fingerprint density at radius 2 is 2.00 bits per heavy atom. The van der Waals surface area contributed by atoms with Gasteiger partial charge in [-0.2, -0.15) is 13.2 Å². The zero-order valence-electron chi connectivity index (χ0n) is 7.82. The van der Waals surface area contributed by atoms with E-state index < -0.39 is 11.9 Å². The van der Waals surface area contributed by atoms with Gasteiger partial charge in [0.05, 0.1) is 6.21 Å². The van der Waals surface area contributed by atoms with Crippen LogP contribution in [0.15, 0.2) is 33.8 Å². The lowest BCUT2D eigenvalue weighted by Gasteiger charge is -1.98. The molecule has 1 N–H and O–H groups in total. The van der Waals surface area contributed by atoms with Gasteiger partial charge in [-0.1, -0.05) is 5.16 Å². The highest BCUT2D eigenvalue weighted by atomic mass is 19.4. The van der Waals surface area contributed by atoms with Crippen molar-refractivity contribution in [2.45, 2.75) is 6.18 Å². The second-order valence-corrected chi connectivity index (χ2v) is 3.15. The maximum absolute atomic E-state index is 12.3. The molecule has 16 heavy (non-hydrogen) atoms. The molecule has 1 heterocycles. The Morgan fingerprint density at radius 3 is 2.62 bits per heavy atom. The third-order valence-electron chi connectivity index (χ3n) is 2.03. The van der Waals surface area contributed by atoms with Crippen LogP contribution in [0.4, 0.5) is 13.2 Å². The number of halogens is 3. The third-order valence-corrected chi connectivity index (χ3v) is 2.03. The standard InChI is InChI=1S/C10H6F3NO2/c11-10(12,13)9-4-7-3-6(5-14-15)1-2-8(7)16-9/h1-5,15H/b14-5+. The summed E-state index contributed by atoms with van der Waals surface area (Å²) in [7, 11) is 0. The molecular formula is C10H6F3NO2. The van der Waals surface area contributed by atoms with E-state index in [4.69, 9.17) is 5.21 Å². The van der Waals surface area contributed by atoms with Crippen molar-refractivity contribution in [2.75, 3.05) is 0 Å². The van der Waals surface area contributed by atoms with Crippen LogP contribution in [-0.2, 0) is 6.18 Å². The van der Waals surface area contributed by atoms with Crippen LogP contribution >= 0.6 is 0 Å². The normalized spacial score (nSPS) is 12.7. The third kappa shape index (κ3) is 1.86. The van der Waals surface area contributed by atoms with Crippen molar-refractivity contribution in [3.8, 4) is 0 Å². The summed E-state index contributed by atoms with van der Waals surface area (Å²) < 4.78 is 41.6. The van der Waals surface area contributed by atoms with Gasteiger partial charge in [0.1, 0.15) is 5.58 Å². The maximum atomic E-state index is 12.3. The first-order chi connectivity index (χ1) is 7.50. The molecule has 0 amide bonds. The first-order valence-corrected chi connectivity index (χ1v) is 4.29. The molecule has 0 atom stereocenters. The molecule has 0 aliphatic rings. The lowest BCUT2D eigenvalue weighted by Crippen LogP contribution is -2.01. The number of oxime groups is 1. The van der Waals surface area contributed by atoms with Crippen molar-refractivity contribution >= 4 is 17.2 Å². The van der Waals surface area contributed by atoms with Crippen molar-refractivity contribution in [3.63, 3.8) is 0 Å². The lowest BCUT2D eigenvalue weighted by atomic mass is 10.2. The molecule has 3 nitrogen and oxygen atoms in total. The number of hydrogen-bond acceptors (Lipinski definition) is 3. The Bertz CT molecular complexity index is 542. The molecular weight excluding hydrogens is 223 g/mol. The average Bonchev–Trinajstić information content (AvgIpc) is 2.60. The molecule has 2 aromatic rings. The van der Waals surface area contributed by atoms with Crippen LogP contribution in [0.5, 0.6) is 0 Å². The molecule has 2 rings (SSSR count). The van der Waals surface area contributed by atoms with Gasteiger partial charge in [0.25, 0.3) is 0 Å². The molecule has 0 saturated heterocycles. The average molecular weight is 229 g/mol. The topological polar surface area (TPSA) is 45.7 Å². The molecule has 0 bridgehead atoms. The number of benzene rings is 1. The van der Waals surface area contributed by atoms with Crippen LogP contribution < -0.4 is 0 Å². The van der Waals surface area contributed by atoms with Crippen molar-refractivity contribution in [1.82, 2.24) is 0 Å². The van der Waals surface area contributed by atoms with Crippen molar-refractivity contribution < 1.29 is 22.8 Å². The SMILES string of the molecule is O/N=C/c1ccc2oc(C(F)(F)F)cc2c1. The first kappa shape index (κ1) is 10.5. The van der Waals surface area contributed by atoms with Gasteiger partial charge in [0, 0.05) is 5.39 Å². The van der Waals surface area contributed by atoms with Crippen LogP contribution in [-0.4, -0.2) is 11.4 Å². The number of alkyl halides is 3. The second kappa shape index (κ2) is 3.55. The summed E-state index contributed by atoms with van der Waals surface area (Å²) in [5, 5.41) is 11.4. The number of hydrogen-bond donors (Lipinski definition) is 1. The predicted molar refractivity (Wildman–Crippen MR) is 50.6 cm³/mol. The van der Waals surface area contributed by atoms with E-state index in [0.29, 0.717) is 10.9 Å². The van der Waals surface area contributed by atoms with Gasteiger partial charge in [-0.05, 0) is 29.8 Å². The Labute approximate surface area is 87.8 Å². The van der Waals surface area contributed by atoms with Gasteiger partial charge >= 0.3 is 6.18 Å².